The summed E-state index contributed by atoms with van der Waals surface area (Å²) in [5.41, 5.74) is 1.78. The molecule has 2 aromatic carbocycles. The number of anilines is 2. The molecule has 0 atom stereocenters. The minimum atomic E-state index is -3.85. The summed E-state index contributed by atoms with van der Waals surface area (Å²) >= 11 is 6.72. The van der Waals surface area contributed by atoms with Gasteiger partial charge in [0.1, 0.15) is 9.73 Å². The first-order chi connectivity index (χ1) is 13.4. The van der Waals surface area contributed by atoms with Crippen molar-refractivity contribution in [1.29, 1.82) is 0 Å². The molecular weight excluding hydrogens is 422 g/mol. The summed E-state index contributed by atoms with van der Waals surface area (Å²) in [5.74, 6) is -0.269. The molecule has 0 radical (unpaired) electrons. The van der Waals surface area contributed by atoms with E-state index in [2.05, 4.69) is 15.0 Å². The number of rotatable bonds is 5. The Bertz CT molecular complexity index is 1270. The molecule has 142 valence electrons. The molecule has 10 heteroatoms. The van der Waals surface area contributed by atoms with Gasteiger partial charge in [0.15, 0.2) is 5.58 Å². The van der Waals surface area contributed by atoms with Crippen LogP contribution in [0.1, 0.15) is 10.4 Å². The molecule has 0 spiro atoms. The van der Waals surface area contributed by atoms with Crippen molar-refractivity contribution >= 4 is 61.7 Å². The summed E-state index contributed by atoms with van der Waals surface area (Å²) in [5, 5.41) is 2.76. The number of benzene rings is 2. The van der Waals surface area contributed by atoms with Gasteiger partial charge in [-0.15, -0.1) is 11.3 Å². The molecule has 28 heavy (non-hydrogen) atoms. The van der Waals surface area contributed by atoms with Gasteiger partial charge in [0.2, 0.25) is 0 Å². The number of halogens is 1. The highest BCUT2D eigenvalue weighted by Gasteiger charge is 2.20. The smallest absolute Gasteiger partial charge is 0.309 e. The first kappa shape index (κ1) is 18.5. The number of hydrogen-bond acceptors (Lipinski definition) is 6. The van der Waals surface area contributed by atoms with E-state index >= 15 is 0 Å². The van der Waals surface area contributed by atoms with Crippen LogP contribution in [-0.2, 0) is 10.0 Å². The number of thiophene rings is 1. The average Bonchev–Trinajstić information content (AvgIpc) is 3.27. The molecule has 0 aliphatic carbocycles. The normalized spacial score (nSPS) is 11.5. The van der Waals surface area contributed by atoms with Gasteiger partial charge in [0, 0.05) is 17.3 Å². The Morgan fingerprint density at radius 1 is 1.07 bits per heavy atom. The number of amides is 1. The van der Waals surface area contributed by atoms with Gasteiger partial charge in [-0.3, -0.25) is 4.79 Å². The quantitative estimate of drug-likeness (QED) is 0.479. The molecule has 4 rings (SSSR count). The lowest BCUT2D eigenvalue weighted by atomic mass is 10.2. The van der Waals surface area contributed by atoms with Crippen molar-refractivity contribution in [1.82, 2.24) is 4.98 Å². The number of carbonyl (C=O) groups excluding carboxylic acids is 1. The summed E-state index contributed by atoms with van der Waals surface area (Å²) in [6.45, 7) is 0. The van der Waals surface area contributed by atoms with Gasteiger partial charge >= 0.3 is 6.01 Å². The van der Waals surface area contributed by atoms with Crippen LogP contribution < -0.4 is 10.0 Å². The van der Waals surface area contributed by atoms with Crippen molar-refractivity contribution in [3.05, 3.63) is 70.6 Å². The third kappa shape index (κ3) is 3.86. The zero-order valence-electron chi connectivity index (χ0n) is 14.0. The predicted octanol–water partition coefficient (Wildman–Crippen LogP) is 4.60. The van der Waals surface area contributed by atoms with Crippen LogP contribution in [0.15, 0.2) is 69.3 Å². The zero-order chi connectivity index (χ0) is 19.7. The standard InChI is InChI=1S/C18H12ClN3O4S2/c19-15-8-9-16(27-15)28(24,25)22-18-21-13-7-6-12(10-14(13)26-18)20-17(23)11-4-2-1-3-5-11/h1-10H,(H,20,23)(H,21,22). The lowest BCUT2D eigenvalue weighted by Gasteiger charge is -2.04. The van der Waals surface area contributed by atoms with E-state index < -0.39 is 10.0 Å². The van der Waals surface area contributed by atoms with Crippen molar-refractivity contribution in [2.45, 2.75) is 4.21 Å². The third-order valence-corrected chi connectivity index (χ3v) is 6.76. The van der Waals surface area contributed by atoms with E-state index in [0.717, 1.165) is 11.3 Å². The van der Waals surface area contributed by atoms with E-state index in [9.17, 15) is 13.2 Å². The largest absolute Gasteiger partial charge is 0.423 e. The maximum absolute atomic E-state index is 12.3. The lowest BCUT2D eigenvalue weighted by molar-refractivity contribution is 0.102. The van der Waals surface area contributed by atoms with E-state index in [0.29, 0.717) is 26.7 Å². The molecule has 2 heterocycles. The van der Waals surface area contributed by atoms with Gasteiger partial charge in [0.25, 0.3) is 15.9 Å². The number of hydrogen-bond donors (Lipinski definition) is 2. The lowest BCUT2D eigenvalue weighted by Crippen LogP contribution is -2.11. The van der Waals surface area contributed by atoms with Crippen molar-refractivity contribution in [3.63, 3.8) is 0 Å². The van der Waals surface area contributed by atoms with Gasteiger partial charge in [-0.05, 0) is 36.4 Å². The second kappa shape index (κ2) is 7.27. The van der Waals surface area contributed by atoms with Gasteiger partial charge in [-0.1, -0.05) is 29.8 Å². The van der Waals surface area contributed by atoms with Crippen molar-refractivity contribution in [2.75, 3.05) is 10.0 Å². The average molecular weight is 434 g/mol. The minimum absolute atomic E-state index is 0.0515. The highest BCUT2D eigenvalue weighted by molar-refractivity contribution is 7.94. The molecule has 0 saturated heterocycles. The molecule has 7 nitrogen and oxygen atoms in total. The highest BCUT2D eigenvalue weighted by atomic mass is 35.5. The summed E-state index contributed by atoms with van der Waals surface area (Å²) in [7, 11) is -3.85. The number of nitrogens with zero attached hydrogens (tertiary/aromatic N) is 1. The van der Waals surface area contributed by atoms with E-state index in [1.54, 1.807) is 42.5 Å². The van der Waals surface area contributed by atoms with Crippen LogP contribution in [0.25, 0.3) is 11.1 Å². The molecule has 4 aromatic rings. The molecular formula is C18H12ClN3O4S2. The van der Waals surface area contributed by atoms with Gasteiger partial charge in [-0.2, -0.15) is 4.98 Å². The second-order valence-corrected chi connectivity index (χ2v) is 9.31. The summed E-state index contributed by atoms with van der Waals surface area (Å²) in [6, 6.07) is 16.3. The number of oxazole rings is 1. The maximum Gasteiger partial charge on any atom is 0.309 e. The number of aromatic nitrogens is 1. The predicted molar refractivity (Wildman–Crippen MR) is 109 cm³/mol. The highest BCUT2D eigenvalue weighted by Crippen LogP contribution is 2.28. The van der Waals surface area contributed by atoms with Gasteiger partial charge < -0.3 is 9.73 Å². The molecule has 0 aliphatic heterocycles. The molecule has 0 bridgehead atoms. The van der Waals surface area contributed by atoms with Crippen molar-refractivity contribution in [3.8, 4) is 0 Å². The fraction of sp³-hybridized carbons (Fsp3) is 0. The molecule has 0 aliphatic rings. The molecule has 1 amide bonds. The van der Waals surface area contributed by atoms with Crippen molar-refractivity contribution < 1.29 is 17.6 Å². The number of carbonyl (C=O) groups is 1. The fourth-order valence-corrected chi connectivity index (χ4v) is 4.86. The van der Waals surface area contributed by atoms with Crippen LogP contribution in [0.2, 0.25) is 4.34 Å². The Hall–Kier alpha value is -2.88. The third-order valence-electron chi connectivity index (χ3n) is 3.72. The first-order valence-electron chi connectivity index (χ1n) is 7.96. The molecule has 0 saturated carbocycles. The number of sulfonamides is 1. The first-order valence-corrected chi connectivity index (χ1v) is 10.6. The fourth-order valence-electron chi connectivity index (χ4n) is 2.45. The minimum Gasteiger partial charge on any atom is -0.423 e. The maximum atomic E-state index is 12.3. The van der Waals surface area contributed by atoms with Crippen LogP contribution in [-0.4, -0.2) is 19.3 Å². The number of nitrogens with one attached hydrogen (secondary N) is 2. The van der Waals surface area contributed by atoms with Crippen LogP contribution in [0.4, 0.5) is 11.7 Å². The van der Waals surface area contributed by atoms with Crippen LogP contribution in [0, 0.1) is 0 Å². The van der Waals surface area contributed by atoms with Gasteiger partial charge in [0.05, 0.1) is 4.34 Å². The van der Waals surface area contributed by atoms with Crippen LogP contribution in [0.3, 0.4) is 0 Å². The molecule has 0 unspecified atom stereocenters. The Kier molecular flexibility index (Phi) is 4.80. The van der Waals surface area contributed by atoms with E-state index in [1.807, 2.05) is 6.07 Å². The van der Waals surface area contributed by atoms with Crippen LogP contribution in [0.5, 0.6) is 0 Å². The van der Waals surface area contributed by atoms with Crippen LogP contribution >= 0.6 is 22.9 Å². The summed E-state index contributed by atoms with van der Waals surface area (Å²) in [6.07, 6.45) is 0. The molecule has 0 fully saturated rings. The van der Waals surface area contributed by atoms with Crippen molar-refractivity contribution in [2.24, 2.45) is 0 Å². The number of fused-ring (bicyclic) bond motifs is 1. The summed E-state index contributed by atoms with van der Waals surface area (Å²) < 4.78 is 32.9. The summed E-state index contributed by atoms with van der Waals surface area (Å²) in [4.78, 5) is 16.4. The molecule has 2 aromatic heterocycles. The topological polar surface area (TPSA) is 101 Å². The SMILES string of the molecule is O=C(Nc1ccc2nc(NS(=O)(=O)c3ccc(Cl)s3)oc2c1)c1ccccc1. The second-order valence-electron chi connectivity index (χ2n) is 5.69. The Balaban J connectivity index is 1.56. The van der Waals surface area contributed by atoms with E-state index in [-0.39, 0.29) is 16.1 Å². The molecule has 2 N–H and O–H groups in total. The Morgan fingerprint density at radius 3 is 2.57 bits per heavy atom. The Morgan fingerprint density at radius 2 is 1.86 bits per heavy atom. The Labute approximate surface area is 169 Å². The monoisotopic (exact) mass is 433 g/mol. The van der Waals surface area contributed by atoms with E-state index in [4.69, 9.17) is 16.0 Å². The van der Waals surface area contributed by atoms with E-state index in [1.165, 1.54) is 12.1 Å². The zero-order valence-corrected chi connectivity index (χ0v) is 16.4. The van der Waals surface area contributed by atoms with Gasteiger partial charge in [-0.25, -0.2) is 13.1 Å².